The Morgan fingerprint density at radius 1 is 1.45 bits per heavy atom. The summed E-state index contributed by atoms with van der Waals surface area (Å²) in [7, 11) is 1.66. The van der Waals surface area contributed by atoms with Crippen molar-refractivity contribution in [2.24, 2.45) is 0 Å². The molecule has 1 amide bonds. The molecule has 0 spiro atoms. The average Bonchev–Trinajstić information content (AvgIpc) is 3.02. The molecule has 20 heavy (non-hydrogen) atoms. The van der Waals surface area contributed by atoms with Gasteiger partial charge in [0.2, 0.25) is 0 Å². The van der Waals surface area contributed by atoms with E-state index in [1.165, 1.54) is 11.2 Å². The summed E-state index contributed by atoms with van der Waals surface area (Å²) in [6, 6.07) is 5.21. The van der Waals surface area contributed by atoms with E-state index in [-0.39, 0.29) is 5.91 Å². The summed E-state index contributed by atoms with van der Waals surface area (Å²) < 4.78 is 1.63. The van der Waals surface area contributed by atoms with Gasteiger partial charge in [0.1, 0.15) is 23.0 Å². The van der Waals surface area contributed by atoms with Gasteiger partial charge >= 0.3 is 0 Å². The van der Waals surface area contributed by atoms with E-state index >= 15 is 0 Å². The van der Waals surface area contributed by atoms with Crippen LogP contribution in [0.1, 0.15) is 12.1 Å². The van der Waals surface area contributed by atoms with Crippen LogP contribution >= 0.6 is 11.6 Å². The highest BCUT2D eigenvalue weighted by Gasteiger charge is 2.46. The van der Waals surface area contributed by atoms with Gasteiger partial charge in [0.05, 0.1) is 0 Å². The minimum atomic E-state index is -1.54. The van der Waals surface area contributed by atoms with Gasteiger partial charge in [-0.25, -0.2) is 9.97 Å². The zero-order chi connectivity index (χ0) is 14.3. The molecule has 1 aliphatic heterocycles. The number of carbonyl (C=O) groups excluding carboxylic acids is 1. The lowest BCUT2D eigenvalue weighted by atomic mass is 9.99. The van der Waals surface area contributed by atoms with Crippen LogP contribution in [0.5, 0.6) is 0 Å². The number of likely N-dealkylation sites (N-methyl/N-ethyl adjacent to an activating group) is 1. The molecule has 1 saturated heterocycles. The van der Waals surface area contributed by atoms with Gasteiger partial charge < -0.3 is 10.0 Å². The summed E-state index contributed by atoms with van der Waals surface area (Å²) in [4.78, 5) is 21.8. The van der Waals surface area contributed by atoms with Crippen LogP contribution in [-0.2, 0) is 10.4 Å². The first kappa shape index (κ1) is 13.1. The Balaban J connectivity index is 1.97. The van der Waals surface area contributed by atoms with Crippen LogP contribution in [-0.4, -0.2) is 44.0 Å². The summed E-state index contributed by atoms with van der Waals surface area (Å²) in [5.41, 5.74) is -1.22. The number of pyridine rings is 1. The SMILES string of the molecule is CN1CCC(O)(c2cn(-c3cccc(Cl)n3)cn2)C1=O. The van der Waals surface area contributed by atoms with Gasteiger partial charge in [0.15, 0.2) is 5.60 Å². The summed E-state index contributed by atoms with van der Waals surface area (Å²) in [6.07, 6.45) is 3.45. The van der Waals surface area contributed by atoms with E-state index in [4.69, 9.17) is 11.6 Å². The van der Waals surface area contributed by atoms with Crippen molar-refractivity contribution >= 4 is 17.5 Å². The van der Waals surface area contributed by atoms with Crippen LogP contribution in [0.15, 0.2) is 30.7 Å². The maximum Gasteiger partial charge on any atom is 0.260 e. The van der Waals surface area contributed by atoms with Crippen molar-refractivity contribution in [1.29, 1.82) is 0 Å². The summed E-state index contributed by atoms with van der Waals surface area (Å²) in [6.45, 7) is 0.512. The van der Waals surface area contributed by atoms with Crippen molar-refractivity contribution in [2.45, 2.75) is 12.0 Å². The van der Waals surface area contributed by atoms with Crippen molar-refractivity contribution in [2.75, 3.05) is 13.6 Å². The standard InChI is InChI=1S/C13H13ClN4O2/c1-17-6-5-13(20,12(17)19)9-7-18(8-15-9)11-4-2-3-10(14)16-11/h2-4,7-8,20H,5-6H2,1H3. The number of imidazole rings is 1. The Morgan fingerprint density at radius 3 is 2.90 bits per heavy atom. The van der Waals surface area contributed by atoms with Crippen LogP contribution in [0, 0.1) is 0 Å². The van der Waals surface area contributed by atoms with Crippen LogP contribution in [0.4, 0.5) is 0 Å². The molecule has 7 heteroatoms. The molecular formula is C13H13ClN4O2. The Morgan fingerprint density at radius 2 is 2.25 bits per heavy atom. The number of nitrogens with zero attached hydrogens (tertiary/aromatic N) is 4. The van der Waals surface area contributed by atoms with Crippen LogP contribution in [0.3, 0.4) is 0 Å². The largest absolute Gasteiger partial charge is 0.374 e. The van der Waals surface area contributed by atoms with Crippen molar-refractivity contribution in [3.05, 3.63) is 41.6 Å². The highest BCUT2D eigenvalue weighted by Crippen LogP contribution is 2.31. The molecule has 1 N–H and O–H groups in total. The normalized spacial score (nSPS) is 22.6. The number of carbonyl (C=O) groups is 1. The van der Waals surface area contributed by atoms with E-state index < -0.39 is 5.60 Å². The summed E-state index contributed by atoms with van der Waals surface area (Å²) >= 11 is 5.84. The van der Waals surface area contributed by atoms with Crippen molar-refractivity contribution in [3.63, 3.8) is 0 Å². The third kappa shape index (κ3) is 1.97. The quantitative estimate of drug-likeness (QED) is 0.837. The molecule has 0 saturated carbocycles. The monoisotopic (exact) mass is 292 g/mol. The molecule has 104 valence electrons. The van der Waals surface area contributed by atoms with E-state index in [2.05, 4.69) is 9.97 Å². The maximum atomic E-state index is 12.0. The Bertz CT molecular complexity index is 672. The Kier molecular flexibility index (Phi) is 2.99. The van der Waals surface area contributed by atoms with Crippen molar-refractivity contribution < 1.29 is 9.90 Å². The molecule has 1 fully saturated rings. The van der Waals surface area contributed by atoms with Gasteiger partial charge in [-0.1, -0.05) is 17.7 Å². The molecule has 6 nitrogen and oxygen atoms in total. The molecule has 0 bridgehead atoms. The average molecular weight is 293 g/mol. The van der Waals surface area contributed by atoms with E-state index in [1.807, 2.05) is 0 Å². The first-order valence-corrected chi connectivity index (χ1v) is 6.54. The summed E-state index contributed by atoms with van der Waals surface area (Å²) in [5, 5.41) is 10.9. The first-order valence-electron chi connectivity index (χ1n) is 6.16. The molecule has 1 aliphatic rings. The first-order chi connectivity index (χ1) is 9.50. The minimum Gasteiger partial charge on any atom is -0.374 e. The fraction of sp³-hybridized carbons (Fsp3) is 0.308. The molecule has 3 rings (SSSR count). The smallest absolute Gasteiger partial charge is 0.260 e. The molecule has 0 aliphatic carbocycles. The van der Waals surface area contributed by atoms with Crippen molar-refractivity contribution in [1.82, 2.24) is 19.4 Å². The van der Waals surface area contributed by atoms with E-state index in [0.29, 0.717) is 29.6 Å². The molecular weight excluding hydrogens is 280 g/mol. The zero-order valence-corrected chi connectivity index (χ0v) is 11.6. The number of hydrogen-bond acceptors (Lipinski definition) is 4. The number of aromatic nitrogens is 3. The fourth-order valence-corrected chi connectivity index (χ4v) is 2.45. The maximum absolute atomic E-state index is 12.0. The number of hydrogen-bond donors (Lipinski definition) is 1. The lowest BCUT2D eigenvalue weighted by Crippen LogP contribution is -2.36. The van der Waals surface area contributed by atoms with E-state index in [0.717, 1.165) is 0 Å². The van der Waals surface area contributed by atoms with Gasteiger partial charge in [-0.05, 0) is 12.1 Å². The highest BCUT2D eigenvalue weighted by molar-refractivity contribution is 6.29. The predicted octanol–water partition coefficient (Wildman–Crippen LogP) is 0.970. The lowest BCUT2D eigenvalue weighted by molar-refractivity contribution is -0.143. The fourth-order valence-electron chi connectivity index (χ4n) is 2.29. The summed E-state index contributed by atoms with van der Waals surface area (Å²) in [5.74, 6) is 0.250. The van der Waals surface area contributed by atoms with E-state index in [9.17, 15) is 9.90 Å². The third-order valence-electron chi connectivity index (χ3n) is 3.48. The number of amides is 1. The van der Waals surface area contributed by atoms with Crippen molar-refractivity contribution in [3.8, 4) is 5.82 Å². The van der Waals surface area contributed by atoms with Crippen LogP contribution < -0.4 is 0 Å². The number of aliphatic hydroxyl groups is 1. The Labute approximate surface area is 120 Å². The number of halogens is 1. The topological polar surface area (TPSA) is 71.2 Å². The molecule has 2 aromatic heterocycles. The predicted molar refractivity (Wildman–Crippen MR) is 72.5 cm³/mol. The number of rotatable bonds is 2. The molecule has 0 aromatic carbocycles. The Hall–Kier alpha value is -1.92. The second-order valence-electron chi connectivity index (χ2n) is 4.82. The van der Waals surface area contributed by atoms with Crippen LogP contribution in [0.2, 0.25) is 5.15 Å². The molecule has 1 unspecified atom stereocenters. The van der Waals surface area contributed by atoms with Gasteiger partial charge in [-0.2, -0.15) is 0 Å². The van der Waals surface area contributed by atoms with E-state index in [1.54, 1.807) is 36.0 Å². The second-order valence-corrected chi connectivity index (χ2v) is 5.21. The molecule has 1 atom stereocenters. The van der Waals surface area contributed by atoms with Gasteiger partial charge in [0, 0.05) is 26.2 Å². The third-order valence-corrected chi connectivity index (χ3v) is 3.69. The zero-order valence-electron chi connectivity index (χ0n) is 10.8. The van der Waals surface area contributed by atoms with Gasteiger partial charge in [-0.3, -0.25) is 9.36 Å². The second kappa shape index (κ2) is 4.57. The molecule has 0 radical (unpaired) electrons. The van der Waals surface area contributed by atoms with Gasteiger partial charge in [-0.15, -0.1) is 0 Å². The highest BCUT2D eigenvalue weighted by atomic mass is 35.5. The number of likely N-dealkylation sites (tertiary alicyclic amines) is 1. The van der Waals surface area contributed by atoms with Crippen LogP contribution in [0.25, 0.3) is 5.82 Å². The molecule has 3 heterocycles. The molecule has 2 aromatic rings. The minimum absolute atomic E-state index is 0.327. The lowest BCUT2D eigenvalue weighted by Gasteiger charge is -2.17. The van der Waals surface area contributed by atoms with Gasteiger partial charge in [0.25, 0.3) is 5.91 Å².